The third kappa shape index (κ3) is 4.51. The molecule has 1 aromatic heterocycles. The van der Waals surface area contributed by atoms with E-state index in [9.17, 15) is 9.59 Å². The molecular formula is C17H18N4O4S2. The number of nitrogens with zero attached hydrogens (tertiary/aromatic N) is 2. The van der Waals surface area contributed by atoms with E-state index in [0.29, 0.717) is 38.3 Å². The number of anilines is 1. The Morgan fingerprint density at radius 1 is 1.19 bits per heavy atom. The predicted octanol–water partition coefficient (Wildman–Crippen LogP) is 2.67. The van der Waals surface area contributed by atoms with Gasteiger partial charge < -0.3 is 14.8 Å². The van der Waals surface area contributed by atoms with Crippen molar-refractivity contribution in [1.29, 1.82) is 0 Å². The highest BCUT2D eigenvalue weighted by Crippen LogP contribution is 2.33. The first-order valence-electron chi connectivity index (χ1n) is 8.64. The molecule has 27 heavy (non-hydrogen) atoms. The lowest BCUT2D eigenvalue weighted by atomic mass is 10.2. The lowest BCUT2D eigenvalue weighted by Crippen LogP contribution is -2.33. The fourth-order valence-corrected chi connectivity index (χ4v) is 4.55. The van der Waals surface area contributed by atoms with Crippen molar-refractivity contribution in [2.75, 3.05) is 17.9 Å². The summed E-state index contributed by atoms with van der Waals surface area (Å²) in [5, 5.41) is 14.1. The van der Waals surface area contributed by atoms with Crippen LogP contribution in [0.3, 0.4) is 0 Å². The summed E-state index contributed by atoms with van der Waals surface area (Å²) in [7, 11) is 0. The maximum Gasteiger partial charge on any atom is 0.257 e. The van der Waals surface area contributed by atoms with Gasteiger partial charge in [-0.2, -0.15) is 0 Å². The van der Waals surface area contributed by atoms with Crippen LogP contribution >= 0.6 is 23.1 Å². The minimum Gasteiger partial charge on any atom is -0.454 e. The molecular weight excluding hydrogens is 388 g/mol. The highest BCUT2D eigenvalue weighted by atomic mass is 32.2. The maximum absolute atomic E-state index is 12.3. The van der Waals surface area contributed by atoms with Crippen LogP contribution < -0.4 is 20.1 Å². The lowest BCUT2D eigenvalue weighted by Gasteiger charge is -2.10. The maximum atomic E-state index is 12.3. The molecule has 142 valence electrons. The van der Waals surface area contributed by atoms with Crippen LogP contribution in [0, 0.1) is 0 Å². The first-order valence-corrected chi connectivity index (χ1v) is 10.4. The third-order valence-corrected chi connectivity index (χ3v) is 6.28. The van der Waals surface area contributed by atoms with Crippen LogP contribution in [-0.4, -0.2) is 40.6 Å². The number of hydrogen-bond donors (Lipinski definition) is 2. The first-order chi connectivity index (χ1) is 13.2. The lowest BCUT2D eigenvalue weighted by molar-refractivity contribution is -0.119. The molecule has 0 atom stereocenters. The summed E-state index contributed by atoms with van der Waals surface area (Å²) in [6, 6.07) is 5.29. The van der Waals surface area contributed by atoms with E-state index in [1.165, 1.54) is 35.9 Å². The Morgan fingerprint density at radius 3 is 2.85 bits per heavy atom. The number of benzene rings is 1. The zero-order chi connectivity index (χ0) is 18.6. The topological polar surface area (TPSA) is 102 Å². The predicted molar refractivity (Wildman–Crippen MR) is 102 cm³/mol. The van der Waals surface area contributed by atoms with Crippen molar-refractivity contribution < 1.29 is 19.1 Å². The summed E-state index contributed by atoms with van der Waals surface area (Å²) in [6.45, 7) is 0.158. The minimum absolute atomic E-state index is 0.00745. The van der Waals surface area contributed by atoms with Gasteiger partial charge in [-0.05, 0) is 31.0 Å². The van der Waals surface area contributed by atoms with Gasteiger partial charge in [0.15, 0.2) is 15.8 Å². The molecule has 0 spiro atoms. The standard InChI is InChI=1S/C17H18N4O4S2/c22-14(18-11-3-1-2-4-11)8-26-17-21-20-16(27-17)19-15(23)10-5-6-12-13(7-10)25-9-24-12/h5-7,11H,1-4,8-9H2,(H,18,22)(H,19,20,23). The van der Waals surface area contributed by atoms with Crippen molar-refractivity contribution >= 4 is 40.0 Å². The molecule has 2 N–H and O–H groups in total. The molecule has 1 aliphatic heterocycles. The largest absolute Gasteiger partial charge is 0.454 e. The summed E-state index contributed by atoms with van der Waals surface area (Å²) in [5.74, 6) is 1.16. The number of ether oxygens (including phenoxy) is 2. The molecule has 10 heteroatoms. The monoisotopic (exact) mass is 406 g/mol. The van der Waals surface area contributed by atoms with Crippen molar-refractivity contribution in [1.82, 2.24) is 15.5 Å². The smallest absolute Gasteiger partial charge is 0.257 e. The third-order valence-electron chi connectivity index (χ3n) is 4.31. The summed E-state index contributed by atoms with van der Waals surface area (Å²) in [5.41, 5.74) is 0.444. The van der Waals surface area contributed by atoms with E-state index < -0.39 is 0 Å². The Morgan fingerprint density at radius 2 is 2.00 bits per heavy atom. The number of fused-ring (bicyclic) bond motifs is 1. The number of hydrogen-bond acceptors (Lipinski definition) is 8. The molecule has 0 radical (unpaired) electrons. The Labute approximate surface area is 164 Å². The molecule has 0 unspecified atom stereocenters. The van der Waals surface area contributed by atoms with Crippen molar-refractivity contribution in [2.45, 2.75) is 36.1 Å². The first kappa shape index (κ1) is 18.1. The van der Waals surface area contributed by atoms with Crippen LogP contribution in [0.15, 0.2) is 22.5 Å². The van der Waals surface area contributed by atoms with E-state index in [0.717, 1.165) is 12.8 Å². The molecule has 2 aliphatic rings. The fourth-order valence-electron chi connectivity index (χ4n) is 2.99. The Kier molecular flexibility index (Phi) is 5.44. The van der Waals surface area contributed by atoms with Crippen LogP contribution in [0.5, 0.6) is 11.5 Å². The normalized spacial score (nSPS) is 15.7. The van der Waals surface area contributed by atoms with Crippen LogP contribution in [0.4, 0.5) is 5.13 Å². The van der Waals surface area contributed by atoms with Crippen LogP contribution in [-0.2, 0) is 4.79 Å². The Balaban J connectivity index is 1.28. The van der Waals surface area contributed by atoms with Crippen LogP contribution in [0.25, 0.3) is 0 Å². The van der Waals surface area contributed by atoms with Gasteiger partial charge in [-0.1, -0.05) is 35.9 Å². The Hall–Kier alpha value is -2.33. The van der Waals surface area contributed by atoms with Crippen molar-refractivity contribution in [3.05, 3.63) is 23.8 Å². The second-order valence-corrected chi connectivity index (χ2v) is 8.43. The average molecular weight is 406 g/mol. The number of carbonyl (C=O) groups excluding carboxylic acids is 2. The van der Waals surface area contributed by atoms with E-state index in [1.807, 2.05) is 0 Å². The number of nitrogens with one attached hydrogen (secondary N) is 2. The number of thioether (sulfide) groups is 1. The van der Waals surface area contributed by atoms with Crippen molar-refractivity contribution in [2.24, 2.45) is 0 Å². The van der Waals surface area contributed by atoms with Gasteiger partial charge in [0.05, 0.1) is 5.75 Å². The van der Waals surface area contributed by atoms with Gasteiger partial charge in [0.25, 0.3) is 5.91 Å². The molecule has 1 aromatic carbocycles. The summed E-state index contributed by atoms with van der Waals surface area (Å²) in [4.78, 5) is 24.3. The number of amides is 2. The van der Waals surface area contributed by atoms with Crippen molar-refractivity contribution in [3.8, 4) is 11.5 Å². The van der Waals surface area contributed by atoms with Gasteiger partial charge in [0, 0.05) is 11.6 Å². The highest BCUT2D eigenvalue weighted by molar-refractivity contribution is 8.01. The molecule has 2 heterocycles. The summed E-state index contributed by atoms with van der Waals surface area (Å²) < 4.78 is 11.1. The Bertz CT molecular complexity index is 851. The van der Waals surface area contributed by atoms with E-state index in [4.69, 9.17) is 9.47 Å². The molecule has 1 saturated carbocycles. The minimum atomic E-state index is -0.306. The van der Waals surface area contributed by atoms with Crippen molar-refractivity contribution in [3.63, 3.8) is 0 Å². The number of rotatable bonds is 6. The molecule has 4 rings (SSSR count). The second-order valence-electron chi connectivity index (χ2n) is 6.23. The van der Waals surface area contributed by atoms with Gasteiger partial charge in [-0.25, -0.2) is 0 Å². The van der Waals surface area contributed by atoms with Crippen LogP contribution in [0.1, 0.15) is 36.0 Å². The van der Waals surface area contributed by atoms with Gasteiger partial charge in [-0.15, -0.1) is 10.2 Å². The van der Waals surface area contributed by atoms with E-state index in [-0.39, 0.29) is 18.6 Å². The molecule has 2 amide bonds. The van der Waals surface area contributed by atoms with Crippen LogP contribution in [0.2, 0.25) is 0 Å². The zero-order valence-corrected chi connectivity index (χ0v) is 16.0. The van der Waals surface area contributed by atoms with E-state index in [1.54, 1.807) is 18.2 Å². The second kappa shape index (κ2) is 8.13. The SMILES string of the molecule is O=C(CSc1nnc(NC(=O)c2ccc3c(c2)OCO3)s1)NC1CCCC1. The van der Waals surface area contributed by atoms with Gasteiger partial charge in [-0.3, -0.25) is 14.9 Å². The number of carbonyl (C=O) groups is 2. The van der Waals surface area contributed by atoms with E-state index >= 15 is 0 Å². The fraction of sp³-hybridized carbons (Fsp3) is 0.412. The zero-order valence-electron chi connectivity index (χ0n) is 14.4. The van der Waals surface area contributed by atoms with Gasteiger partial charge >= 0.3 is 0 Å². The summed E-state index contributed by atoms with van der Waals surface area (Å²) >= 11 is 2.56. The molecule has 1 aliphatic carbocycles. The van der Waals surface area contributed by atoms with Gasteiger partial charge in [0.2, 0.25) is 17.8 Å². The quantitative estimate of drug-likeness (QED) is 0.562. The summed E-state index contributed by atoms with van der Waals surface area (Å²) in [6.07, 6.45) is 4.48. The molecule has 8 nitrogen and oxygen atoms in total. The molecule has 1 fully saturated rings. The number of aromatic nitrogens is 2. The van der Waals surface area contributed by atoms with E-state index in [2.05, 4.69) is 20.8 Å². The highest BCUT2D eigenvalue weighted by Gasteiger charge is 2.19. The molecule has 0 saturated heterocycles. The molecule has 2 aromatic rings. The average Bonchev–Trinajstić information content (AvgIpc) is 3.41. The van der Waals surface area contributed by atoms with Gasteiger partial charge in [0.1, 0.15) is 0 Å². The molecule has 0 bridgehead atoms.